The highest BCUT2D eigenvalue weighted by molar-refractivity contribution is 5.88. The third kappa shape index (κ3) is 2.89. The first-order valence-electron chi connectivity index (χ1n) is 6.65. The lowest BCUT2D eigenvalue weighted by atomic mass is 10.0. The van der Waals surface area contributed by atoms with Crippen LogP contribution in [0.5, 0.6) is 5.75 Å². The van der Waals surface area contributed by atoms with E-state index in [1.807, 2.05) is 60.7 Å². The van der Waals surface area contributed by atoms with Gasteiger partial charge in [-0.05, 0) is 29.8 Å². The van der Waals surface area contributed by atoms with Crippen molar-refractivity contribution in [2.75, 3.05) is 12.4 Å². The second-order valence-corrected chi connectivity index (χ2v) is 4.67. The van der Waals surface area contributed by atoms with E-state index in [1.165, 1.54) is 0 Å². The van der Waals surface area contributed by atoms with Crippen LogP contribution in [0.3, 0.4) is 0 Å². The quantitative estimate of drug-likeness (QED) is 0.924. The van der Waals surface area contributed by atoms with Crippen molar-refractivity contribution in [2.45, 2.75) is 6.10 Å². The van der Waals surface area contributed by atoms with E-state index in [9.17, 15) is 4.79 Å². The van der Waals surface area contributed by atoms with Crippen molar-refractivity contribution in [1.82, 2.24) is 0 Å². The Balaban J connectivity index is 1.83. The minimum Gasteiger partial charge on any atom is -0.497 e. The van der Waals surface area contributed by atoms with E-state index < -0.39 is 6.09 Å². The molecule has 1 atom stereocenters. The van der Waals surface area contributed by atoms with Crippen LogP contribution in [0.15, 0.2) is 54.6 Å². The third-order valence-electron chi connectivity index (χ3n) is 3.32. The number of anilines is 1. The molecule has 1 aliphatic rings. The van der Waals surface area contributed by atoms with Crippen molar-refractivity contribution in [1.29, 1.82) is 0 Å². The first-order valence-corrected chi connectivity index (χ1v) is 6.65. The van der Waals surface area contributed by atoms with Crippen molar-refractivity contribution >= 4 is 17.9 Å². The van der Waals surface area contributed by atoms with E-state index in [0.717, 1.165) is 22.6 Å². The summed E-state index contributed by atoms with van der Waals surface area (Å²) in [7, 11) is 1.64. The van der Waals surface area contributed by atoms with Crippen molar-refractivity contribution < 1.29 is 14.3 Å². The number of cyclic esters (lactones) is 1. The van der Waals surface area contributed by atoms with Crippen LogP contribution in [0.2, 0.25) is 0 Å². The molecule has 0 spiro atoms. The Morgan fingerprint density at radius 3 is 2.67 bits per heavy atom. The van der Waals surface area contributed by atoms with Gasteiger partial charge in [0, 0.05) is 5.56 Å². The largest absolute Gasteiger partial charge is 0.497 e. The maximum atomic E-state index is 11.5. The molecule has 21 heavy (non-hydrogen) atoms. The van der Waals surface area contributed by atoms with E-state index in [-0.39, 0.29) is 6.10 Å². The number of hydrogen-bond donors (Lipinski definition) is 1. The topological polar surface area (TPSA) is 47.6 Å². The van der Waals surface area contributed by atoms with Crippen LogP contribution in [-0.4, -0.2) is 13.2 Å². The first kappa shape index (κ1) is 13.2. The van der Waals surface area contributed by atoms with Crippen LogP contribution >= 0.6 is 0 Å². The van der Waals surface area contributed by atoms with Crippen LogP contribution in [-0.2, 0) is 4.74 Å². The number of hydrogen-bond acceptors (Lipinski definition) is 3. The van der Waals surface area contributed by atoms with Gasteiger partial charge in [0.2, 0.25) is 0 Å². The van der Waals surface area contributed by atoms with E-state index in [4.69, 9.17) is 9.47 Å². The van der Waals surface area contributed by atoms with Gasteiger partial charge in [0.15, 0.2) is 0 Å². The second-order valence-electron chi connectivity index (χ2n) is 4.67. The molecule has 4 heteroatoms. The Morgan fingerprint density at radius 2 is 1.90 bits per heavy atom. The summed E-state index contributed by atoms with van der Waals surface area (Å²) in [6.07, 6.45) is 2.99. The molecule has 0 fully saturated rings. The standard InChI is InChI=1S/C17H15NO3/c1-20-13-9-6-12(7-10-13)8-11-16-14-4-2-3-5-15(14)18-17(19)21-16/h2-11,16H,1H3,(H,18,19)/b11-8+. The fourth-order valence-electron chi connectivity index (χ4n) is 2.23. The molecule has 1 unspecified atom stereocenters. The Morgan fingerprint density at radius 1 is 1.14 bits per heavy atom. The van der Waals surface area contributed by atoms with Gasteiger partial charge >= 0.3 is 6.09 Å². The van der Waals surface area contributed by atoms with Crippen LogP contribution < -0.4 is 10.1 Å². The van der Waals surface area contributed by atoms with Crippen LogP contribution in [0, 0.1) is 0 Å². The van der Waals surface area contributed by atoms with Crippen molar-refractivity contribution in [3.63, 3.8) is 0 Å². The van der Waals surface area contributed by atoms with E-state index in [1.54, 1.807) is 7.11 Å². The monoisotopic (exact) mass is 281 g/mol. The molecular formula is C17H15NO3. The Hall–Kier alpha value is -2.75. The van der Waals surface area contributed by atoms with E-state index in [2.05, 4.69) is 5.32 Å². The molecule has 0 aliphatic carbocycles. The third-order valence-corrected chi connectivity index (χ3v) is 3.32. The molecule has 0 bridgehead atoms. The summed E-state index contributed by atoms with van der Waals surface area (Å²) in [5, 5.41) is 2.69. The maximum absolute atomic E-state index is 11.5. The zero-order valence-corrected chi connectivity index (χ0v) is 11.6. The van der Waals surface area contributed by atoms with Crippen molar-refractivity contribution in [2.24, 2.45) is 0 Å². The average Bonchev–Trinajstić information content (AvgIpc) is 2.53. The van der Waals surface area contributed by atoms with Gasteiger partial charge in [0.25, 0.3) is 0 Å². The number of para-hydroxylation sites is 1. The van der Waals surface area contributed by atoms with E-state index in [0.29, 0.717) is 0 Å². The lowest BCUT2D eigenvalue weighted by Gasteiger charge is -2.23. The van der Waals surface area contributed by atoms with Crippen LogP contribution in [0.25, 0.3) is 6.08 Å². The molecule has 2 aromatic rings. The number of carbonyl (C=O) groups excluding carboxylic acids is 1. The molecule has 3 rings (SSSR count). The van der Waals surface area contributed by atoms with Gasteiger partial charge in [-0.15, -0.1) is 0 Å². The Labute approximate surface area is 123 Å². The highest BCUT2D eigenvalue weighted by atomic mass is 16.6. The van der Waals surface area contributed by atoms with Gasteiger partial charge in [-0.3, -0.25) is 5.32 Å². The van der Waals surface area contributed by atoms with Crippen LogP contribution in [0.4, 0.5) is 10.5 Å². The van der Waals surface area contributed by atoms with Gasteiger partial charge in [0.1, 0.15) is 11.9 Å². The zero-order valence-electron chi connectivity index (χ0n) is 11.6. The molecular weight excluding hydrogens is 266 g/mol. The Kier molecular flexibility index (Phi) is 3.60. The van der Waals surface area contributed by atoms with Gasteiger partial charge in [-0.1, -0.05) is 36.4 Å². The number of fused-ring (bicyclic) bond motifs is 1. The Bertz CT molecular complexity index is 677. The summed E-state index contributed by atoms with van der Waals surface area (Å²) in [4.78, 5) is 11.5. The fourth-order valence-corrected chi connectivity index (χ4v) is 2.23. The molecule has 0 radical (unpaired) electrons. The highest BCUT2D eigenvalue weighted by Gasteiger charge is 2.23. The number of benzene rings is 2. The lowest BCUT2D eigenvalue weighted by Crippen LogP contribution is -2.23. The normalized spacial score (nSPS) is 17.0. The number of carbonyl (C=O) groups is 1. The number of amides is 1. The zero-order chi connectivity index (χ0) is 14.7. The maximum Gasteiger partial charge on any atom is 0.412 e. The minimum absolute atomic E-state index is 0.378. The fraction of sp³-hybridized carbons (Fsp3) is 0.118. The molecule has 1 aliphatic heterocycles. The number of methoxy groups -OCH3 is 1. The summed E-state index contributed by atoms with van der Waals surface area (Å²) < 4.78 is 10.4. The van der Waals surface area contributed by atoms with Gasteiger partial charge < -0.3 is 9.47 Å². The molecule has 0 saturated carbocycles. The minimum atomic E-state index is -0.432. The number of rotatable bonds is 3. The summed E-state index contributed by atoms with van der Waals surface area (Å²) >= 11 is 0. The molecule has 1 amide bonds. The van der Waals surface area contributed by atoms with Crippen LogP contribution in [0.1, 0.15) is 17.2 Å². The average molecular weight is 281 g/mol. The molecule has 1 heterocycles. The summed E-state index contributed by atoms with van der Waals surface area (Å²) in [5.41, 5.74) is 2.75. The first-order chi connectivity index (χ1) is 10.3. The summed E-state index contributed by atoms with van der Waals surface area (Å²) in [5.74, 6) is 0.811. The molecule has 0 aromatic heterocycles. The predicted molar refractivity (Wildman–Crippen MR) is 81.3 cm³/mol. The lowest BCUT2D eigenvalue weighted by molar-refractivity contribution is 0.130. The summed E-state index contributed by atoms with van der Waals surface area (Å²) in [6.45, 7) is 0. The molecule has 0 saturated heterocycles. The molecule has 2 aromatic carbocycles. The predicted octanol–water partition coefficient (Wildman–Crippen LogP) is 4.01. The molecule has 106 valence electrons. The SMILES string of the molecule is COc1ccc(/C=C/C2OC(=O)Nc3ccccc32)cc1. The number of ether oxygens (including phenoxy) is 2. The molecule has 1 N–H and O–H groups in total. The van der Waals surface area contributed by atoms with Gasteiger partial charge in [-0.2, -0.15) is 0 Å². The van der Waals surface area contributed by atoms with Crippen molar-refractivity contribution in [3.8, 4) is 5.75 Å². The summed E-state index contributed by atoms with van der Waals surface area (Å²) in [6, 6.07) is 15.3. The van der Waals surface area contributed by atoms with Crippen molar-refractivity contribution in [3.05, 3.63) is 65.7 Å². The van der Waals surface area contributed by atoms with E-state index >= 15 is 0 Å². The van der Waals surface area contributed by atoms with Gasteiger partial charge in [0.05, 0.1) is 12.8 Å². The van der Waals surface area contributed by atoms with Gasteiger partial charge in [-0.25, -0.2) is 4.79 Å². The highest BCUT2D eigenvalue weighted by Crippen LogP contribution is 2.31. The number of nitrogens with one attached hydrogen (secondary N) is 1. The smallest absolute Gasteiger partial charge is 0.412 e. The molecule has 4 nitrogen and oxygen atoms in total. The second kappa shape index (κ2) is 5.71.